The number of carbonyl (C=O) groups excluding carboxylic acids is 2. The van der Waals surface area contributed by atoms with E-state index in [1.54, 1.807) is 54.4 Å². The second-order valence-corrected chi connectivity index (χ2v) is 8.29. The van der Waals surface area contributed by atoms with E-state index < -0.39 is 0 Å². The number of amides is 2. The van der Waals surface area contributed by atoms with E-state index in [0.29, 0.717) is 66.3 Å². The van der Waals surface area contributed by atoms with E-state index in [4.69, 9.17) is 14.5 Å². The van der Waals surface area contributed by atoms with Crippen LogP contribution in [0.25, 0.3) is 0 Å². The highest BCUT2D eigenvalue weighted by molar-refractivity contribution is 6.13. The van der Waals surface area contributed by atoms with Crippen LogP contribution in [0.4, 0.5) is 28.8 Å². The minimum absolute atomic E-state index is 0.0626. The van der Waals surface area contributed by atoms with Gasteiger partial charge in [-0.15, -0.1) is 0 Å². The van der Waals surface area contributed by atoms with Crippen LogP contribution in [0.5, 0.6) is 5.75 Å². The molecule has 3 aromatic rings. The number of fused-ring (bicyclic) bond motifs is 2. The highest BCUT2D eigenvalue weighted by Crippen LogP contribution is 2.38. The first-order valence-electron chi connectivity index (χ1n) is 11.3. The summed E-state index contributed by atoms with van der Waals surface area (Å²) in [7, 11) is 5.13. The van der Waals surface area contributed by atoms with Crippen LogP contribution in [0.15, 0.2) is 48.7 Å². The highest BCUT2D eigenvalue weighted by Gasteiger charge is 2.29. The zero-order valence-electron chi connectivity index (χ0n) is 19.8. The number of benzene rings is 2. The van der Waals surface area contributed by atoms with Crippen molar-refractivity contribution in [3.8, 4) is 5.75 Å². The van der Waals surface area contributed by atoms with Crippen molar-refractivity contribution >= 4 is 40.6 Å². The standard InChI is InChI=1S/C25H26N6O4/c1-29-19-7-5-4-6-17(19)24(33)30(2)20-15-26-25(28-22(20)29)27-18-9-8-16(14-21(18)34-3)23(32)31-10-12-35-13-11-31/h4-9,14-15H,10-13H2,1-3H3,(H,26,27,28). The zero-order valence-corrected chi connectivity index (χ0v) is 19.8. The van der Waals surface area contributed by atoms with Gasteiger partial charge in [0, 0.05) is 32.7 Å². The number of para-hydroxylation sites is 1. The van der Waals surface area contributed by atoms with Crippen LogP contribution in [0.3, 0.4) is 0 Å². The normalized spacial score (nSPS) is 15.3. The van der Waals surface area contributed by atoms with Gasteiger partial charge in [-0.2, -0.15) is 4.98 Å². The Hall–Kier alpha value is -4.18. The number of ether oxygens (including phenoxy) is 2. The number of aromatic nitrogens is 2. The second kappa shape index (κ2) is 9.22. The fourth-order valence-electron chi connectivity index (χ4n) is 4.26. The average Bonchev–Trinajstić information content (AvgIpc) is 2.98. The first-order chi connectivity index (χ1) is 17.0. The molecule has 35 heavy (non-hydrogen) atoms. The molecule has 1 fully saturated rings. The summed E-state index contributed by atoms with van der Waals surface area (Å²) in [5.41, 5.74) is 3.10. The van der Waals surface area contributed by atoms with Gasteiger partial charge in [0.15, 0.2) is 5.82 Å². The Morgan fingerprint density at radius 2 is 1.83 bits per heavy atom. The Morgan fingerprint density at radius 3 is 2.60 bits per heavy atom. The van der Waals surface area contributed by atoms with Crippen LogP contribution in [-0.4, -0.2) is 74.2 Å². The molecule has 0 spiro atoms. The van der Waals surface area contributed by atoms with Gasteiger partial charge in [-0.1, -0.05) is 12.1 Å². The van der Waals surface area contributed by atoms with Gasteiger partial charge in [-0.25, -0.2) is 4.98 Å². The largest absolute Gasteiger partial charge is 0.495 e. The number of anilines is 5. The van der Waals surface area contributed by atoms with Crippen molar-refractivity contribution < 1.29 is 19.1 Å². The summed E-state index contributed by atoms with van der Waals surface area (Å²) in [6.45, 7) is 2.21. The second-order valence-electron chi connectivity index (χ2n) is 8.29. The molecule has 2 aliphatic rings. The lowest BCUT2D eigenvalue weighted by molar-refractivity contribution is 0.0302. The summed E-state index contributed by atoms with van der Waals surface area (Å²) >= 11 is 0. The molecule has 1 saturated heterocycles. The van der Waals surface area contributed by atoms with Gasteiger partial charge in [-0.05, 0) is 30.3 Å². The van der Waals surface area contributed by atoms with Gasteiger partial charge in [0.2, 0.25) is 5.95 Å². The van der Waals surface area contributed by atoms with Gasteiger partial charge in [0.25, 0.3) is 11.8 Å². The van der Waals surface area contributed by atoms with Gasteiger partial charge in [-0.3, -0.25) is 9.59 Å². The molecule has 0 atom stereocenters. The summed E-state index contributed by atoms with van der Waals surface area (Å²) in [5, 5.41) is 3.19. The smallest absolute Gasteiger partial charge is 0.260 e. The third-order valence-electron chi connectivity index (χ3n) is 6.22. The predicted octanol–water partition coefficient (Wildman–Crippen LogP) is 3.06. The third kappa shape index (κ3) is 4.12. The van der Waals surface area contributed by atoms with Crippen molar-refractivity contribution in [1.82, 2.24) is 14.9 Å². The molecule has 10 nitrogen and oxygen atoms in total. The van der Waals surface area contributed by atoms with E-state index in [1.165, 1.54) is 0 Å². The van der Waals surface area contributed by atoms with Crippen LogP contribution in [0.1, 0.15) is 20.7 Å². The lowest BCUT2D eigenvalue weighted by Crippen LogP contribution is -2.40. The molecule has 0 aliphatic carbocycles. The molecule has 0 unspecified atom stereocenters. The summed E-state index contributed by atoms with van der Waals surface area (Å²) in [6, 6.07) is 12.6. The van der Waals surface area contributed by atoms with E-state index in [-0.39, 0.29) is 11.8 Å². The zero-order chi connectivity index (χ0) is 24.5. The number of nitrogens with one attached hydrogen (secondary N) is 1. The molecule has 3 heterocycles. The maximum Gasteiger partial charge on any atom is 0.260 e. The van der Waals surface area contributed by atoms with Gasteiger partial charge < -0.3 is 29.5 Å². The van der Waals surface area contributed by atoms with Crippen molar-refractivity contribution in [3.05, 3.63) is 59.8 Å². The van der Waals surface area contributed by atoms with Crippen molar-refractivity contribution in [2.75, 3.05) is 62.6 Å². The summed E-state index contributed by atoms with van der Waals surface area (Å²) in [6.07, 6.45) is 1.62. The topological polar surface area (TPSA) is 100 Å². The number of methoxy groups -OCH3 is 1. The van der Waals surface area contributed by atoms with Crippen molar-refractivity contribution in [3.63, 3.8) is 0 Å². The Balaban J connectivity index is 1.45. The summed E-state index contributed by atoms with van der Waals surface area (Å²) in [5.74, 6) is 1.22. The van der Waals surface area contributed by atoms with E-state index in [2.05, 4.69) is 10.3 Å². The fourth-order valence-corrected chi connectivity index (χ4v) is 4.26. The van der Waals surface area contributed by atoms with Crippen molar-refractivity contribution in [1.29, 1.82) is 0 Å². The maximum absolute atomic E-state index is 13.0. The van der Waals surface area contributed by atoms with Gasteiger partial charge >= 0.3 is 0 Å². The number of hydrogen-bond donors (Lipinski definition) is 1. The Morgan fingerprint density at radius 1 is 1.06 bits per heavy atom. The molecule has 2 aromatic carbocycles. The first-order valence-corrected chi connectivity index (χ1v) is 11.3. The van der Waals surface area contributed by atoms with Gasteiger partial charge in [0.05, 0.1) is 43.5 Å². The minimum atomic E-state index is -0.127. The lowest BCUT2D eigenvalue weighted by atomic mass is 10.1. The van der Waals surface area contributed by atoms with E-state index in [9.17, 15) is 9.59 Å². The molecular weight excluding hydrogens is 448 g/mol. The molecule has 180 valence electrons. The molecule has 0 saturated carbocycles. The molecule has 1 aromatic heterocycles. The van der Waals surface area contributed by atoms with Crippen LogP contribution >= 0.6 is 0 Å². The number of nitrogens with zero attached hydrogens (tertiary/aromatic N) is 5. The lowest BCUT2D eigenvalue weighted by Gasteiger charge is -2.27. The summed E-state index contributed by atoms with van der Waals surface area (Å²) < 4.78 is 10.9. The number of morpholine rings is 1. The Labute approximate surface area is 203 Å². The third-order valence-corrected chi connectivity index (χ3v) is 6.22. The van der Waals surface area contributed by atoms with Crippen LogP contribution in [-0.2, 0) is 4.74 Å². The molecule has 10 heteroatoms. The van der Waals surface area contributed by atoms with Crippen LogP contribution < -0.4 is 19.9 Å². The monoisotopic (exact) mass is 474 g/mol. The summed E-state index contributed by atoms with van der Waals surface area (Å²) in [4.78, 5) is 40.2. The van der Waals surface area contributed by atoms with Crippen LogP contribution in [0, 0.1) is 0 Å². The number of hydrogen-bond acceptors (Lipinski definition) is 8. The quantitative estimate of drug-likeness (QED) is 0.616. The minimum Gasteiger partial charge on any atom is -0.495 e. The predicted molar refractivity (Wildman–Crippen MR) is 132 cm³/mol. The molecule has 2 aliphatic heterocycles. The SMILES string of the molecule is COc1cc(C(=O)N2CCOCC2)ccc1Nc1ncc2c(n1)N(C)c1ccccc1C(=O)N2C. The average molecular weight is 475 g/mol. The van der Waals surface area contributed by atoms with E-state index in [1.807, 2.05) is 30.1 Å². The molecule has 0 bridgehead atoms. The highest BCUT2D eigenvalue weighted by atomic mass is 16.5. The van der Waals surface area contributed by atoms with Crippen molar-refractivity contribution in [2.24, 2.45) is 0 Å². The Bertz CT molecular complexity index is 1290. The Kier molecular flexibility index (Phi) is 5.96. The van der Waals surface area contributed by atoms with Gasteiger partial charge in [0.1, 0.15) is 11.4 Å². The molecule has 5 rings (SSSR count). The molecule has 1 N–H and O–H groups in total. The number of carbonyl (C=O) groups is 2. The fraction of sp³-hybridized carbons (Fsp3) is 0.280. The molecule has 0 radical (unpaired) electrons. The molecular formula is C25H26N6O4. The number of rotatable bonds is 4. The molecule has 2 amide bonds. The van der Waals surface area contributed by atoms with Crippen LogP contribution in [0.2, 0.25) is 0 Å². The van der Waals surface area contributed by atoms with E-state index in [0.717, 1.165) is 5.69 Å². The first kappa shape index (κ1) is 22.6. The van der Waals surface area contributed by atoms with Crippen molar-refractivity contribution in [2.45, 2.75) is 0 Å². The maximum atomic E-state index is 13.0. The van der Waals surface area contributed by atoms with E-state index >= 15 is 0 Å².